The van der Waals surface area contributed by atoms with Gasteiger partial charge >= 0.3 is 0 Å². The van der Waals surface area contributed by atoms with Crippen molar-refractivity contribution in [2.75, 3.05) is 13.1 Å². The number of piperidine rings is 1. The van der Waals surface area contributed by atoms with Crippen molar-refractivity contribution < 1.29 is 0 Å². The van der Waals surface area contributed by atoms with Gasteiger partial charge in [-0.25, -0.2) is 9.98 Å². The molecule has 0 aromatic heterocycles. The summed E-state index contributed by atoms with van der Waals surface area (Å²) in [5.74, 6) is 1.14. The zero-order valence-corrected chi connectivity index (χ0v) is 14.7. The van der Waals surface area contributed by atoms with Crippen LogP contribution in [-0.4, -0.2) is 31.3 Å². The van der Waals surface area contributed by atoms with Gasteiger partial charge in [-0.2, -0.15) is 0 Å². The summed E-state index contributed by atoms with van der Waals surface area (Å²) in [6.45, 7) is 14.5. The Kier molecular flexibility index (Phi) is 8.75. The SMILES string of the molecule is C=C/C(CC)=C(\CC)NC(N=CC(C)C)=N[C@H]1CCCNC1. The average molecular weight is 304 g/mol. The molecular formula is C18H32N4. The largest absolute Gasteiger partial charge is 0.328 e. The van der Waals surface area contributed by atoms with Gasteiger partial charge in [-0.15, -0.1) is 0 Å². The van der Waals surface area contributed by atoms with Gasteiger partial charge < -0.3 is 10.6 Å². The molecule has 1 atom stereocenters. The van der Waals surface area contributed by atoms with Gasteiger partial charge in [0.05, 0.1) is 6.04 Å². The molecule has 1 aliphatic rings. The van der Waals surface area contributed by atoms with Crippen LogP contribution in [0.1, 0.15) is 53.4 Å². The second-order valence-corrected chi connectivity index (χ2v) is 6.02. The third kappa shape index (κ3) is 6.56. The predicted octanol–water partition coefficient (Wildman–Crippen LogP) is 3.67. The Hall–Kier alpha value is -1.42. The van der Waals surface area contributed by atoms with E-state index in [-0.39, 0.29) is 0 Å². The molecule has 0 aromatic carbocycles. The van der Waals surface area contributed by atoms with E-state index < -0.39 is 0 Å². The first-order chi connectivity index (χ1) is 10.6. The molecule has 0 amide bonds. The summed E-state index contributed by atoms with van der Waals surface area (Å²) in [4.78, 5) is 9.40. The van der Waals surface area contributed by atoms with Crippen molar-refractivity contribution in [1.82, 2.24) is 10.6 Å². The van der Waals surface area contributed by atoms with Gasteiger partial charge in [-0.3, -0.25) is 0 Å². The minimum Gasteiger partial charge on any atom is -0.328 e. The lowest BCUT2D eigenvalue weighted by atomic mass is 10.1. The van der Waals surface area contributed by atoms with E-state index in [2.05, 4.69) is 49.9 Å². The van der Waals surface area contributed by atoms with Gasteiger partial charge in [-0.1, -0.05) is 40.3 Å². The van der Waals surface area contributed by atoms with E-state index in [1.807, 2.05) is 12.3 Å². The molecule has 4 heteroatoms. The van der Waals surface area contributed by atoms with E-state index in [9.17, 15) is 0 Å². The summed E-state index contributed by atoms with van der Waals surface area (Å²) in [7, 11) is 0. The number of allylic oxidation sites excluding steroid dienone is 3. The van der Waals surface area contributed by atoms with Crippen LogP contribution in [0.4, 0.5) is 0 Å². The smallest absolute Gasteiger partial charge is 0.222 e. The molecular weight excluding hydrogens is 272 g/mol. The zero-order valence-electron chi connectivity index (χ0n) is 14.7. The minimum absolute atomic E-state index is 0.312. The number of rotatable bonds is 6. The maximum absolute atomic E-state index is 4.82. The van der Waals surface area contributed by atoms with Gasteiger partial charge in [0.15, 0.2) is 0 Å². The Bertz CT molecular complexity index is 426. The second-order valence-electron chi connectivity index (χ2n) is 6.02. The van der Waals surface area contributed by atoms with Gasteiger partial charge in [0, 0.05) is 18.5 Å². The molecule has 0 bridgehead atoms. The third-order valence-electron chi connectivity index (χ3n) is 3.70. The normalized spacial score (nSPS) is 21.1. The number of guanidine groups is 1. The van der Waals surface area contributed by atoms with Crippen LogP contribution in [0.25, 0.3) is 0 Å². The van der Waals surface area contributed by atoms with Crippen LogP contribution < -0.4 is 10.6 Å². The fourth-order valence-electron chi connectivity index (χ4n) is 2.45. The van der Waals surface area contributed by atoms with Crippen molar-refractivity contribution in [1.29, 1.82) is 0 Å². The fraction of sp³-hybridized carbons (Fsp3) is 0.667. The summed E-state index contributed by atoms with van der Waals surface area (Å²) in [6, 6.07) is 0.312. The topological polar surface area (TPSA) is 48.8 Å². The lowest BCUT2D eigenvalue weighted by Gasteiger charge is -2.20. The Morgan fingerprint density at radius 2 is 2.14 bits per heavy atom. The van der Waals surface area contributed by atoms with Gasteiger partial charge in [-0.05, 0) is 43.7 Å². The number of nitrogens with zero attached hydrogens (tertiary/aromatic N) is 2. The molecule has 0 unspecified atom stereocenters. The predicted molar refractivity (Wildman–Crippen MR) is 97.6 cm³/mol. The lowest BCUT2D eigenvalue weighted by Crippen LogP contribution is -2.34. The van der Waals surface area contributed by atoms with Crippen molar-refractivity contribution in [3.63, 3.8) is 0 Å². The first kappa shape index (κ1) is 18.6. The maximum Gasteiger partial charge on any atom is 0.222 e. The third-order valence-corrected chi connectivity index (χ3v) is 3.70. The molecule has 22 heavy (non-hydrogen) atoms. The summed E-state index contributed by atoms with van der Waals surface area (Å²) in [5, 5.41) is 6.84. The Labute approximate surface area is 135 Å². The van der Waals surface area contributed by atoms with Crippen LogP contribution in [0.3, 0.4) is 0 Å². The standard InChI is InChI=1S/C18H32N4/c1-6-15(7-2)17(8-3)22-18(20-12-14(4)5)21-16-10-9-11-19-13-16/h6,12,14,16,19H,1,7-11,13H2,2-5H3,(H,21,22)/b17-15-,20-12?/t16-/m0/s1. The van der Waals surface area contributed by atoms with E-state index in [4.69, 9.17) is 4.99 Å². The summed E-state index contributed by atoms with van der Waals surface area (Å²) >= 11 is 0. The van der Waals surface area contributed by atoms with Gasteiger partial charge in [0.2, 0.25) is 5.96 Å². The number of aliphatic imine (C=N–C) groups is 2. The Morgan fingerprint density at radius 3 is 2.64 bits per heavy atom. The van der Waals surface area contributed by atoms with E-state index in [0.717, 1.165) is 38.3 Å². The second kappa shape index (κ2) is 10.3. The molecule has 2 N–H and O–H groups in total. The van der Waals surface area contributed by atoms with Crippen molar-refractivity contribution in [2.45, 2.75) is 59.4 Å². The molecule has 4 nitrogen and oxygen atoms in total. The molecule has 0 radical (unpaired) electrons. The average Bonchev–Trinajstić information content (AvgIpc) is 2.53. The molecule has 1 fully saturated rings. The summed E-state index contributed by atoms with van der Waals surface area (Å²) in [5.41, 5.74) is 2.40. The highest BCUT2D eigenvalue weighted by Crippen LogP contribution is 2.12. The molecule has 0 saturated carbocycles. The van der Waals surface area contributed by atoms with Crippen LogP contribution in [0, 0.1) is 5.92 Å². The van der Waals surface area contributed by atoms with Crippen LogP contribution >= 0.6 is 0 Å². The van der Waals surface area contributed by atoms with Gasteiger partial charge in [0.1, 0.15) is 0 Å². The van der Waals surface area contributed by atoms with E-state index in [1.54, 1.807) is 0 Å². The van der Waals surface area contributed by atoms with Crippen LogP contribution in [0.2, 0.25) is 0 Å². The van der Waals surface area contributed by atoms with Crippen molar-refractivity contribution >= 4 is 12.2 Å². The monoisotopic (exact) mass is 304 g/mol. The highest BCUT2D eigenvalue weighted by molar-refractivity contribution is 5.89. The summed E-state index contributed by atoms with van der Waals surface area (Å²) in [6.07, 6.45) is 8.08. The van der Waals surface area contributed by atoms with E-state index >= 15 is 0 Å². The highest BCUT2D eigenvalue weighted by Gasteiger charge is 2.13. The molecule has 1 saturated heterocycles. The Morgan fingerprint density at radius 1 is 1.36 bits per heavy atom. The molecule has 1 aliphatic heterocycles. The number of hydrogen-bond acceptors (Lipinski definition) is 2. The molecule has 124 valence electrons. The minimum atomic E-state index is 0.312. The zero-order chi connectivity index (χ0) is 16.4. The lowest BCUT2D eigenvalue weighted by molar-refractivity contribution is 0.460. The number of hydrogen-bond donors (Lipinski definition) is 2. The molecule has 1 rings (SSSR count). The van der Waals surface area contributed by atoms with Crippen LogP contribution in [0.5, 0.6) is 0 Å². The highest BCUT2D eigenvalue weighted by atomic mass is 15.1. The van der Waals surface area contributed by atoms with E-state index in [1.165, 1.54) is 17.7 Å². The molecule has 0 aromatic rings. The molecule has 0 aliphatic carbocycles. The van der Waals surface area contributed by atoms with Gasteiger partial charge in [0.25, 0.3) is 0 Å². The van der Waals surface area contributed by atoms with E-state index in [0.29, 0.717) is 12.0 Å². The summed E-state index contributed by atoms with van der Waals surface area (Å²) < 4.78 is 0. The maximum atomic E-state index is 4.82. The molecule has 1 heterocycles. The number of nitrogens with one attached hydrogen (secondary N) is 2. The van der Waals surface area contributed by atoms with Crippen LogP contribution in [-0.2, 0) is 0 Å². The molecule has 0 spiro atoms. The van der Waals surface area contributed by atoms with Crippen molar-refractivity contribution in [3.8, 4) is 0 Å². The van der Waals surface area contributed by atoms with Crippen LogP contribution in [0.15, 0.2) is 33.9 Å². The van der Waals surface area contributed by atoms with Crippen molar-refractivity contribution in [3.05, 3.63) is 23.9 Å². The first-order valence-electron chi connectivity index (χ1n) is 8.54. The van der Waals surface area contributed by atoms with Crippen molar-refractivity contribution in [2.24, 2.45) is 15.9 Å². The quantitative estimate of drug-likeness (QED) is 0.447. The Balaban J connectivity index is 2.96. The fourth-order valence-corrected chi connectivity index (χ4v) is 2.45. The first-order valence-corrected chi connectivity index (χ1v) is 8.54.